The van der Waals surface area contributed by atoms with E-state index in [0.717, 1.165) is 10.0 Å². The fourth-order valence-corrected chi connectivity index (χ4v) is 2.18. The fraction of sp³-hybridized carbons (Fsp3) is 0.133. The maximum absolute atomic E-state index is 12.5. The number of ether oxygens (including phenoxy) is 1. The van der Waals surface area contributed by atoms with E-state index in [1.165, 1.54) is 0 Å². The van der Waals surface area contributed by atoms with Crippen LogP contribution in [0.4, 0.5) is 0 Å². The maximum Gasteiger partial charge on any atom is 0.197 e. The zero-order valence-electron chi connectivity index (χ0n) is 10.2. The second-order valence-corrected chi connectivity index (χ2v) is 4.90. The smallest absolute Gasteiger partial charge is 0.197 e. The normalized spacial score (nSPS) is 10.2. The van der Waals surface area contributed by atoms with Crippen molar-refractivity contribution in [1.29, 1.82) is 0 Å². The molecule has 0 bridgehead atoms. The van der Waals surface area contributed by atoms with E-state index in [0.29, 0.717) is 16.9 Å². The Morgan fingerprint density at radius 3 is 2.56 bits per heavy atom. The van der Waals surface area contributed by atoms with E-state index in [9.17, 15) is 4.79 Å². The van der Waals surface area contributed by atoms with Gasteiger partial charge in [-0.15, -0.1) is 0 Å². The molecule has 2 rings (SSSR count). The largest absolute Gasteiger partial charge is 0.496 e. The number of carbonyl (C=O) groups is 1. The summed E-state index contributed by atoms with van der Waals surface area (Å²) in [7, 11) is 1.57. The van der Waals surface area contributed by atoms with Gasteiger partial charge in [-0.2, -0.15) is 0 Å². The average Bonchev–Trinajstić information content (AvgIpc) is 2.40. The number of para-hydroxylation sites is 1. The van der Waals surface area contributed by atoms with Crippen molar-refractivity contribution in [3.8, 4) is 5.75 Å². The molecule has 0 atom stereocenters. The van der Waals surface area contributed by atoms with Gasteiger partial charge in [-0.25, -0.2) is 0 Å². The molecule has 2 aromatic rings. The summed E-state index contributed by atoms with van der Waals surface area (Å²) in [6.45, 7) is 1.93. The van der Waals surface area contributed by atoms with Gasteiger partial charge in [0.15, 0.2) is 5.78 Å². The Kier molecular flexibility index (Phi) is 3.82. The van der Waals surface area contributed by atoms with Gasteiger partial charge < -0.3 is 4.74 Å². The Balaban J connectivity index is 2.51. The van der Waals surface area contributed by atoms with Gasteiger partial charge in [0.1, 0.15) is 5.75 Å². The molecular weight excluding hydrogens is 292 g/mol. The Labute approximate surface area is 115 Å². The Morgan fingerprint density at radius 1 is 1.11 bits per heavy atom. The third-order valence-corrected chi connectivity index (χ3v) is 3.29. The number of methoxy groups -OCH3 is 1. The van der Waals surface area contributed by atoms with Crippen LogP contribution in [-0.2, 0) is 0 Å². The quantitative estimate of drug-likeness (QED) is 0.801. The lowest BCUT2D eigenvalue weighted by Gasteiger charge is -2.09. The van der Waals surface area contributed by atoms with Crippen molar-refractivity contribution in [3.05, 3.63) is 63.6 Å². The minimum absolute atomic E-state index is 0.0220. The molecule has 92 valence electrons. The molecule has 0 spiro atoms. The van der Waals surface area contributed by atoms with E-state index < -0.39 is 0 Å². The maximum atomic E-state index is 12.5. The molecular formula is C15H13BrO2. The summed E-state index contributed by atoms with van der Waals surface area (Å²) in [6, 6.07) is 12.9. The number of halogens is 1. The number of hydrogen-bond donors (Lipinski definition) is 0. The summed E-state index contributed by atoms with van der Waals surface area (Å²) in [4.78, 5) is 12.5. The molecule has 0 aromatic heterocycles. The van der Waals surface area contributed by atoms with Gasteiger partial charge in [0, 0.05) is 10.0 Å². The Hall–Kier alpha value is -1.61. The predicted octanol–water partition coefficient (Wildman–Crippen LogP) is 4.00. The van der Waals surface area contributed by atoms with Gasteiger partial charge in [0.25, 0.3) is 0 Å². The van der Waals surface area contributed by atoms with Crippen LogP contribution in [0.3, 0.4) is 0 Å². The van der Waals surface area contributed by atoms with E-state index in [1.807, 2.05) is 37.3 Å². The molecule has 0 aliphatic carbocycles. The van der Waals surface area contributed by atoms with Crippen molar-refractivity contribution in [2.75, 3.05) is 7.11 Å². The molecule has 0 unspecified atom stereocenters. The molecule has 0 saturated carbocycles. The highest BCUT2D eigenvalue weighted by Gasteiger charge is 2.15. The third-order valence-electron chi connectivity index (χ3n) is 2.80. The summed E-state index contributed by atoms with van der Waals surface area (Å²) < 4.78 is 6.12. The zero-order chi connectivity index (χ0) is 13.1. The van der Waals surface area contributed by atoms with Crippen molar-refractivity contribution < 1.29 is 9.53 Å². The molecule has 18 heavy (non-hydrogen) atoms. The fourth-order valence-electron chi connectivity index (χ4n) is 1.82. The number of ketones is 1. The standard InChI is InChI=1S/C15H13BrO2/c1-10-7-8-11(16)9-13(10)15(17)12-5-3-4-6-14(12)18-2/h3-9H,1-2H3. The predicted molar refractivity (Wildman–Crippen MR) is 75.3 cm³/mol. The molecule has 0 amide bonds. The highest BCUT2D eigenvalue weighted by Crippen LogP contribution is 2.24. The lowest BCUT2D eigenvalue weighted by atomic mass is 9.98. The van der Waals surface area contributed by atoms with Crippen LogP contribution in [0.1, 0.15) is 21.5 Å². The van der Waals surface area contributed by atoms with Crippen LogP contribution in [0, 0.1) is 6.92 Å². The van der Waals surface area contributed by atoms with Crippen LogP contribution in [0.15, 0.2) is 46.9 Å². The van der Waals surface area contributed by atoms with Crippen molar-refractivity contribution >= 4 is 21.7 Å². The summed E-state index contributed by atoms with van der Waals surface area (Å²) in [5.74, 6) is 0.577. The van der Waals surface area contributed by atoms with Gasteiger partial charge in [0.05, 0.1) is 12.7 Å². The number of carbonyl (C=O) groups excluding carboxylic acids is 1. The van der Waals surface area contributed by atoms with Crippen LogP contribution in [-0.4, -0.2) is 12.9 Å². The molecule has 0 aliphatic heterocycles. The SMILES string of the molecule is COc1ccccc1C(=O)c1cc(Br)ccc1C. The van der Waals surface area contributed by atoms with Crippen molar-refractivity contribution in [2.45, 2.75) is 6.92 Å². The van der Waals surface area contributed by atoms with Crippen molar-refractivity contribution in [1.82, 2.24) is 0 Å². The minimum atomic E-state index is -0.0220. The highest BCUT2D eigenvalue weighted by molar-refractivity contribution is 9.10. The molecule has 0 fully saturated rings. The van der Waals surface area contributed by atoms with Gasteiger partial charge in [-0.1, -0.05) is 34.1 Å². The van der Waals surface area contributed by atoms with Gasteiger partial charge in [-0.3, -0.25) is 4.79 Å². The second kappa shape index (κ2) is 5.36. The second-order valence-electron chi connectivity index (χ2n) is 3.99. The minimum Gasteiger partial charge on any atom is -0.496 e. The average molecular weight is 305 g/mol. The topological polar surface area (TPSA) is 26.3 Å². The van der Waals surface area contributed by atoms with Crippen molar-refractivity contribution in [3.63, 3.8) is 0 Å². The summed E-state index contributed by atoms with van der Waals surface area (Å²) in [5.41, 5.74) is 2.23. The van der Waals surface area contributed by atoms with E-state index >= 15 is 0 Å². The van der Waals surface area contributed by atoms with Crippen LogP contribution in [0.5, 0.6) is 5.75 Å². The monoisotopic (exact) mass is 304 g/mol. The Morgan fingerprint density at radius 2 is 1.83 bits per heavy atom. The number of benzene rings is 2. The first-order valence-electron chi connectivity index (χ1n) is 5.57. The number of aryl methyl sites for hydroxylation is 1. The summed E-state index contributed by atoms with van der Waals surface area (Å²) in [6.07, 6.45) is 0. The van der Waals surface area contributed by atoms with Gasteiger partial charge in [-0.05, 0) is 36.8 Å². The van der Waals surface area contributed by atoms with E-state index in [1.54, 1.807) is 19.2 Å². The van der Waals surface area contributed by atoms with Crippen LogP contribution >= 0.6 is 15.9 Å². The number of hydrogen-bond acceptors (Lipinski definition) is 2. The van der Waals surface area contributed by atoms with Gasteiger partial charge >= 0.3 is 0 Å². The highest BCUT2D eigenvalue weighted by atomic mass is 79.9. The lowest BCUT2D eigenvalue weighted by molar-refractivity contribution is 0.103. The molecule has 3 heteroatoms. The first-order valence-corrected chi connectivity index (χ1v) is 6.36. The van der Waals surface area contributed by atoms with Crippen LogP contribution < -0.4 is 4.74 Å². The molecule has 2 nitrogen and oxygen atoms in total. The third kappa shape index (κ3) is 2.46. The Bertz CT molecular complexity index is 591. The first-order chi connectivity index (χ1) is 8.63. The van der Waals surface area contributed by atoms with Gasteiger partial charge in [0.2, 0.25) is 0 Å². The summed E-state index contributed by atoms with van der Waals surface area (Å²) >= 11 is 3.39. The summed E-state index contributed by atoms with van der Waals surface area (Å²) in [5, 5.41) is 0. The molecule has 0 heterocycles. The molecule has 0 saturated heterocycles. The first kappa shape index (κ1) is 12.8. The lowest BCUT2D eigenvalue weighted by Crippen LogP contribution is -2.05. The van der Waals surface area contributed by atoms with E-state index in [2.05, 4.69) is 15.9 Å². The number of rotatable bonds is 3. The molecule has 0 radical (unpaired) electrons. The molecule has 0 aliphatic rings. The van der Waals surface area contributed by atoms with E-state index in [4.69, 9.17) is 4.74 Å². The zero-order valence-corrected chi connectivity index (χ0v) is 11.8. The van der Waals surface area contributed by atoms with Crippen LogP contribution in [0.2, 0.25) is 0 Å². The van der Waals surface area contributed by atoms with Crippen LogP contribution in [0.25, 0.3) is 0 Å². The van der Waals surface area contributed by atoms with E-state index in [-0.39, 0.29) is 5.78 Å². The molecule has 2 aromatic carbocycles. The molecule has 0 N–H and O–H groups in total. The van der Waals surface area contributed by atoms with Crippen molar-refractivity contribution in [2.24, 2.45) is 0 Å².